The van der Waals surface area contributed by atoms with E-state index in [1.807, 2.05) is 36.5 Å². The molecule has 0 saturated carbocycles. The topological polar surface area (TPSA) is 57.8 Å². The third-order valence-corrected chi connectivity index (χ3v) is 4.82. The number of hydrogen-bond acceptors (Lipinski definition) is 3. The number of rotatable bonds is 9. The highest BCUT2D eigenvalue weighted by molar-refractivity contribution is 7.99. The maximum absolute atomic E-state index is 12.1. The molecule has 1 aromatic heterocycles. The number of benzene rings is 1. The highest BCUT2D eigenvalue weighted by Crippen LogP contribution is 2.20. The Kier molecular flexibility index (Phi) is 7.37. The molecule has 130 valence electrons. The van der Waals surface area contributed by atoms with E-state index in [2.05, 4.69) is 36.1 Å². The molecule has 0 saturated heterocycles. The summed E-state index contributed by atoms with van der Waals surface area (Å²) in [5.41, 5.74) is 2.08. The Morgan fingerprint density at radius 1 is 1.29 bits per heavy atom. The molecular weight excluding hydrogens is 318 g/mol. The second-order valence-electron chi connectivity index (χ2n) is 6.31. The van der Waals surface area contributed by atoms with Gasteiger partial charge in [0.15, 0.2) is 0 Å². The molecule has 0 spiro atoms. The van der Waals surface area contributed by atoms with Crippen molar-refractivity contribution in [2.45, 2.75) is 39.7 Å². The lowest BCUT2D eigenvalue weighted by Gasteiger charge is -2.14. The summed E-state index contributed by atoms with van der Waals surface area (Å²) in [6, 6.07) is 10.0. The third-order valence-electron chi connectivity index (χ3n) is 3.83. The van der Waals surface area contributed by atoms with Gasteiger partial charge in [0, 0.05) is 0 Å². The molecule has 0 aliphatic heterocycles. The number of carbonyl (C=O) groups excluding carboxylic acids is 1. The molecule has 1 aromatic carbocycles. The first-order valence-electron chi connectivity index (χ1n) is 8.57. The number of amides is 1. The zero-order valence-corrected chi connectivity index (χ0v) is 15.5. The van der Waals surface area contributed by atoms with E-state index < -0.39 is 0 Å². The minimum Gasteiger partial charge on any atom is -0.345 e. The van der Waals surface area contributed by atoms with Crippen molar-refractivity contribution >= 4 is 17.7 Å². The monoisotopic (exact) mass is 345 g/mol. The fourth-order valence-electron chi connectivity index (χ4n) is 2.36. The van der Waals surface area contributed by atoms with E-state index in [0.29, 0.717) is 11.7 Å². The number of carbonyl (C=O) groups is 1. The van der Waals surface area contributed by atoms with Crippen molar-refractivity contribution in [2.75, 3.05) is 11.5 Å². The maximum atomic E-state index is 12.1. The number of thioether (sulfide) groups is 1. The van der Waals surface area contributed by atoms with Crippen LogP contribution in [-0.2, 0) is 4.79 Å². The fraction of sp³-hybridized carbons (Fsp3) is 0.474. The molecule has 0 bridgehead atoms. The van der Waals surface area contributed by atoms with Gasteiger partial charge in [-0.1, -0.05) is 51.1 Å². The van der Waals surface area contributed by atoms with Gasteiger partial charge in [-0.2, -0.15) is 11.8 Å². The SMILES string of the molecule is CCC(NC(=O)CSCCC(C)C)c1ncc(-c2ccccc2)[nH]1. The van der Waals surface area contributed by atoms with Crippen LogP contribution in [0.2, 0.25) is 0 Å². The van der Waals surface area contributed by atoms with Gasteiger partial charge in [0.25, 0.3) is 0 Å². The molecule has 0 fully saturated rings. The first-order valence-corrected chi connectivity index (χ1v) is 9.73. The highest BCUT2D eigenvalue weighted by atomic mass is 32.2. The van der Waals surface area contributed by atoms with Gasteiger partial charge >= 0.3 is 0 Å². The molecule has 4 nitrogen and oxygen atoms in total. The van der Waals surface area contributed by atoms with E-state index in [0.717, 1.165) is 35.7 Å². The minimum atomic E-state index is -0.0688. The summed E-state index contributed by atoms with van der Waals surface area (Å²) < 4.78 is 0. The van der Waals surface area contributed by atoms with Gasteiger partial charge in [-0.25, -0.2) is 4.98 Å². The summed E-state index contributed by atoms with van der Waals surface area (Å²) in [4.78, 5) is 19.9. The molecule has 1 amide bonds. The molecule has 2 rings (SSSR count). The number of nitrogens with zero attached hydrogens (tertiary/aromatic N) is 1. The third kappa shape index (κ3) is 5.71. The van der Waals surface area contributed by atoms with Crippen molar-refractivity contribution in [2.24, 2.45) is 5.92 Å². The summed E-state index contributed by atoms with van der Waals surface area (Å²) >= 11 is 1.70. The van der Waals surface area contributed by atoms with Gasteiger partial charge in [0.1, 0.15) is 5.82 Å². The van der Waals surface area contributed by atoms with Gasteiger partial charge < -0.3 is 10.3 Å². The Morgan fingerprint density at radius 3 is 2.71 bits per heavy atom. The van der Waals surface area contributed by atoms with E-state index in [1.54, 1.807) is 11.8 Å². The molecule has 2 aromatic rings. The van der Waals surface area contributed by atoms with Crippen molar-refractivity contribution < 1.29 is 4.79 Å². The van der Waals surface area contributed by atoms with Crippen LogP contribution in [0.25, 0.3) is 11.3 Å². The number of nitrogens with one attached hydrogen (secondary N) is 2. The number of H-pyrrole nitrogens is 1. The van der Waals surface area contributed by atoms with Crippen LogP contribution < -0.4 is 5.32 Å². The van der Waals surface area contributed by atoms with E-state index in [4.69, 9.17) is 0 Å². The molecule has 5 heteroatoms. The molecule has 0 aliphatic rings. The smallest absolute Gasteiger partial charge is 0.230 e. The predicted octanol–water partition coefficient (Wildman–Crippen LogP) is 4.42. The number of aromatic nitrogens is 2. The molecular formula is C19H27N3OS. The van der Waals surface area contributed by atoms with Crippen LogP contribution in [0.4, 0.5) is 0 Å². The van der Waals surface area contributed by atoms with Gasteiger partial charge in [-0.3, -0.25) is 4.79 Å². The minimum absolute atomic E-state index is 0.0688. The standard InChI is InChI=1S/C19H27N3OS/c1-4-16(21-18(23)13-24-11-10-14(2)3)19-20-12-17(22-19)15-8-6-5-7-9-15/h5-9,12,14,16H,4,10-11,13H2,1-3H3,(H,20,22)(H,21,23). The van der Waals surface area contributed by atoms with Crippen LogP contribution in [0, 0.1) is 5.92 Å². The summed E-state index contributed by atoms with van der Waals surface area (Å²) in [5, 5.41) is 3.08. The van der Waals surface area contributed by atoms with Gasteiger partial charge in [-0.15, -0.1) is 0 Å². The predicted molar refractivity (Wildman–Crippen MR) is 102 cm³/mol. The largest absolute Gasteiger partial charge is 0.345 e. The second kappa shape index (κ2) is 9.52. The Morgan fingerprint density at radius 2 is 2.04 bits per heavy atom. The summed E-state index contributed by atoms with van der Waals surface area (Å²) in [6.45, 7) is 6.46. The lowest BCUT2D eigenvalue weighted by molar-refractivity contribution is -0.119. The van der Waals surface area contributed by atoms with Crippen molar-refractivity contribution in [3.8, 4) is 11.3 Å². The summed E-state index contributed by atoms with van der Waals surface area (Å²) in [5.74, 6) is 3.12. The van der Waals surface area contributed by atoms with Crippen molar-refractivity contribution in [1.82, 2.24) is 15.3 Å². The lowest BCUT2D eigenvalue weighted by Crippen LogP contribution is -2.30. The molecule has 1 atom stereocenters. The average Bonchev–Trinajstić information content (AvgIpc) is 3.07. The Bertz CT molecular complexity index is 625. The van der Waals surface area contributed by atoms with Gasteiger partial charge in [0.05, 0.1) is 23.7 Å². The van der Waals surface area contributed by atoms with Crippen LogP contribution >= 0.6 is 11.8 Å². The van der Waals surface area contributed by atoms with Crippen LogP contribution in [-0.4, -0.2) is 27.4 Å². The zero-order chi connectivity index (χ0) is 17.4. The van der Waals surface area contributed by atoms with Crippen LogP contribution in [0.1, 0.15) is 45.5 Å². The van der Waals surface area contributed by atoms with Crippen molar-refractivity contribution in [1.29, 1.82) is 0 Å². The van der Waals surface area contributed by atoms with E-state index in [9.17, 15) is 4.79 Å². The number of hydrogen-bond donors (Lipinski definition) is 2. The molecule has 2 N–H and O–H groups in total. The normalized spacial score (nSPS) is 12.3. The maximum Gasteiger partial charge on any atom is 0.230 e. The number of imidazole rings is 1. The van der Waals surface area contributed by atoms with Crippen LogP contribution in [0.15, 0.2) is 36.5 Å². The van der Waals surface area contributed by atoms with Gasteiger partial charge in [-0.05, 0) is 30.1 Å². The summed E-state index contributed by atoms with van der Waals surface area (Å²) in [7, 11) is 0. The van der Waals surface area contributed by atoms with E-state index in [1.165, 1.54) is 0 Å². The quantitative estimate of drug-likeness (QED) is 0.661. The molecule has 0 aliphatic carbocycles. The lowest BCUT2D eigenvalue weighted by atomic mass is 10.2. The first kappa shape index (κ1) is 18.6. The second-order valence-corrected chi connectivity index (χ2v) is 7.42. The number of aromatic amines is 1. The molecule has 1 unspecified atom stereocenters. The van der Waals surface area contributed by atoms with E-state index in [-0.39, 0.29) is 11.9 Å². The molecule has 1 heterocycles. The first-order chi connectivity index (χ1) is 11.6. The van der Waals surface area contributed by atoms with Gasteiger partial charge in [0.2, 0.25) is 5.91 Å². The van der Waals surface area contributed by atoms with Crippen LogP contribution in [0.3, 0.4) is 0 Å². The Hall–Kier alpha value is -1.75. The zero-order valence-electron chi connectivity index (χ0n) is 14.7. The van der Waals surface area contributed by atoms with Crippen LogP contribution in [0.5, 0.6) is 0 Å². The molecule has 24 heavy (non-hydrogen) atoms. The highest BCUT2D eigenvalue weighted by Gasteiger charge is 2.16. The fourth-order valence-corrected chi connectivity index (χ4v) is 3.41. The summed E-state index contributed by atoms with van der Waals surface area (Å²) in [6.07, 6.45) is 3.79. The van der Waals surface area contributed by atoms with Crippen molar-refractivity contribution in [3.05, 3.63) is 42.4 Å². The van der Waals surface area contributed by atoms with Crippen molar-refractivity contribution in [3.63, 3.8) is 0 Å². The van der Waals surface area contributed by atoms with E-state index >= 15 is 0 Å². The Labute approximate surface area is 148 Å². The average molecular weight is 346 g/mol. The Balaban J connectivity index is 1.89. The molecule has 0 radical (unpaired) electrons.